The molecule has 0 aromatic rings. The summed E-state index contributed by atoms with van der Waals surface area (Å²) in [4.78, 5) is 14.3. The minimum absolute atomic E-state index is 0.0626. The molecule has 1 saturated heterocycles. The number of hydrogen-bond donors (Lipinski definition) is 2. The molecule has 0 bridgehead atoms. The summed E-state index contributed by atoms with van der Waals surface area (Å²) in [5, 5.41) is 6.39. The Labute approximate surface area is 147 Å². The van der Waals surface area contributed by atoms with Gasteiger partial charge in [-0.2, -0.15) is 0 Å². The van der Waals surface area contributed by atoms with Crippen LogP contribution in [0.5, 0.6) is 0 Å². The molecular weight excluding hydrogens is 306 g/mol. The summed E-state index contributed by atoms with van der Waals surface area (Å²) in [6.07, 6.45) is 0.0626. The largest absolute Gasteiger partial charge is 0.379 e. The van der Waals surface area contributed by atoms with Gasteiger partial charge in [-0.15, -0.1) is 0 Å². The smallest absolute Gasteiger partial charge is 0.225 e. The van der Waals surface area contributed by atoms with Crippen molar-refractivity contribution in [1.29, 1.82) is 0 Å². The van der Waals surface area contributed by atoms with Crippen LogP contribution in [0.1, 0.15) is 41.5 Å². The van der Waals surface area contributed by atoms with Gasteiger partial charge in [-0.05, 0) is 20.8 Å². The van der Waals surface area contributed by atoms with Gasteiger partial charge in [0.1, 0.15) is 0 Å². The number of nitrogens with one attached hydrogen (secondary N) is 2. The quantitative estimate of drug-likeness (QED) is 0.650. The average molecular weight is 344 g/mol. The van der Waals surface area contributed by atoms with Gasteiger partial charge in [-0.25, -0.2) is 0 Å². The van der Waals surface area contributed by atoms with E-state index in [1.54, 1.807) is 0 Å². The number of hydrogen-bond acceptors (Lipinski definition) is 5. The van der Waals surface area contributed by atoms with Gasteiger partial charge < -0.3 is 20.1 Å². The van der Waals surface area contributed by atoms with E-state index in [9.17, 15) is 4.79 Å². The molecule has 6 nitrogen and oxygen atoms in total. The van der Waals surface area contributed by atoms with Crippen LogP contribution in [0.4, 0.5) is 0 Å². The van der Waals surface area contributed by atoms with E-state index in [-0.39, 0.29) is 23.0 Å². The van der Waals surface area contributed by atoms with Crippen molar-refractivity contribution in [2.24, 2.45) is 5.41 Å². The summed E-state index contributed by atoms with van der Waals surface area (Å²) >= 11 is 0. The molecule has 0 aliphatic carbocycles. The normalized spacial score (nSPS) is 20.2. The van der Waals surface area contributed by atoms with Crippen LogP contribution in [-0.4, -0.2) is 75.0 Å². The number of morpholine rings is 1. The second-order valence-electron chi connectivity index (χ2n) is 8.54. The van der Waals surface area contributed by atoms with Crippen LogP contribution < -0.4 is 10.6 Å². The summed E-state index contributed by atoms with van der Waals surface area (Å²) in [6, 6.07) is 0. The number of rotatable bonds is 8. The minimum atomic E-state index is -0.358. The first-order valence-electron chi connectivity index (χ1n) is 9.03. The lowest BCUT2D eigenvalue weighted by molar-refractivity contribution is -0.129. The number of ether oxygens (including phenoxy) is 2. The highest BCUT2D eigenvalue weighted by atomic mass is 16.5. The zero-order valence-corrected chi connectivity index (χ0v) is 16.4. The highest BCUT2D eigenvalue weighted by molar-refractivity contribution is 5.81. The Balaban J connectivity index is 2.14. The van der Waals surface area contributed by atoms with Crippen LogP contribution in [0.15, 0.2) is 0 Å². The number of nitrogens with zero attached hydrogens (tertiary/aromatic N) is 1. The molecule has 24 heavy (non-hydrogen) atoms. The van der Waals surface area contributed by atoms with Crippen molar-refractivity contribution < 1.29 is 14.3 Å². The summed E-state index contributed by atoms with van der Waals surface area (Å²) < 4.78 is 11.4. The maximum absolute atomic E-state index is 11.9. The molecular formula is C18H37N3O3. The summed E-state index contributed by atoms with van der Waals surface area (Å²) in [6.45, 7) is 18.5. The standard InChI is InChI=1S/C18H37N3O3/c1-17(2,3)16(22)19-13-15-14-21(9-12-24-15)8-11-23-10-7-20-18(4,5)6/h15,20H,7-14H2,1-6H3,(H,19,22)/t15-/m1/s1. The zero-order valence-electron chi connectivity index (χ0n) is 16.4. The third-order valence-corrected chi connectivity index (χ3v) is 3.85. The monoisotopic (exact) mass is 343 g/mol. The molecule has 6 heteroatoms. The van der Waals surface area contributed by atoms with Gasteiger partial charge in [0.2, 0.25) is 5.91 Å². The van der Waals surface area contributed by atoms with Crippen molar-refractivity contribution in [3.05, 3.63) is 0 Å². The molecule has 0 radical (unpaired) electrons. The van der Waals surface area contributed by atoms with Crippen LogP contribution in [0.2, 0.25) is 0 Å². The fraction of sp³-hybridized carbons (Fsp3) is 0.944. The van der Waals surface area contributed by atoms with E-state index >= 15 is 0 Å². The fourth-order valence-corrected chi connectivity index (χ4v) is 2.37. The van der Waals surface area contributed by atoms with Crippen LogP contribution in [0.3, 0.4) is 0 Å². The molecule has 0 aromatic heterocycles. The molecule has 1 heterocycles. The number of carbonyl (C=O) groups is 1. The summed E-state index contributed by atoms with van der Waals surface area (Å²) in [7, 11) is 0. The highest BCUT2D eigenvalue weighted by Crippen LogP contribution is 2.13. The fourth-order valence-electron chi connectivity index (χ4n) is 2.37. The van der Waals surface area contributed by atoms with E-state index in [0.717, 1.165) is 39.4 Å². The topological polar surface area (TPSA) is 62.8 Å². The lowest BCUT2D eigenvalue weighted by Gasteiger charge is -2.33. The summed E-state index contributed by atoms with van der Waals surface area (Å²) in [5.41, 5.74) is -0.221. The third-order valence-electron chi connectivity index (χ3n) is 3.85. The van der Waals surface area contributed by atoms with Crippen molar-refractivity contribution in [2.45, 2.75) is 53.2 Å². The molecule has 0 saturated carbocycles. The number of carbonyl (C=O) groups excluding carboxylic acids is 1. The molecule has 0 unspecified atom stereocenters. The van der Waals surface area contributed by atoms with Crippen LogP contribution >= 0.6 is 0 Å². The Morgan fingerprint density at radius 2 is 1.92 bits per heavy atom. The van der Waals surface area contributed by atoms with E-state index in [2.05, 4.69) is 36.3 Å². The lowest BCUT2D eigenvalue weighted by Crippen LogP contribution is -2.49. The molecule has 142 valence electrons. The molecule has 1 fully saturated rings. The Bertz CT molecular complexity index is 375. The predicted molar refractivity (Wildman–Crippen MR) is 97.2 cm³/mol. The van der Waals surface area contributed by atoms with Crippen LogP contribution in [0.25, 0.3) is 0 Å². The highest BCUT2D eigenvalue weighted by Gasteiger charge is 2.24. The first-order valence-corrected chi connectivity index (χ1v) is 9.03. The van der Waals surface area contributed by atoms with Gasteiger partial charge in [0, 0.05) is 43.7 Å². The minimum Gasteiger partial charge on any atom is -0.379 e. The molecule has 1 amide bonds. The van der Waals surface area contributed by atoms with E-state index in [1.807, 2.05) is 20.8 Å². The van der Waals surface area contributed by atoms with Gasteiger partial charge in [0.15, 0.2) is 0 Å². The van der Waals surface area contributed by atoms with E-state index in [0.29, 0.717) is 13.2 Å². The van der Waals surface area contributed by atoms with E-state index < -0.39 is 0 Å². The maximum Gasteiger partial charge on any atom is 0.225 e. The number of amides is 1. The van der Waals surface area contributed by atoms with Gasteiger partial charge in [0.05, 0.1) is 25.9 Å². The van der Waals surface area contributed by atoms with Crippen molar-refractivity contribution in [3.8, 4) is 0 Å². The summed E-state index contributed by atoms with van der Waals surface area (Å²) in [5.74, 6) is 0.0675. The van der Waals surface area contributed by atoms with Crippen molar-refractivity contribution in [1.82, 2.24) is 15.5 Å². The third kappa shape index (κ3) is 9.57. The Morgan fingerprint density at radius 1 is 1.21 bits per heavy atom. The molecule has 1 atom stereocenters. The van der Waals surface area contributed by atoms with E-state index in [1.165, 1.54) is 0 Å². The van der Waals surface area contributed by atoms with Crippen molar-refractivity contribution >= 4 is 5.91 Å². The first-order chi connectivity index (χ1) is 11.1. The molecule has 1 aliphatic rings. The molecule has 1 rings (SSSR count). The Kier molecular flexibility index (Phi) is 8.63. The molecule has 0 aromatic carbocycles. The Morgan fingerprint density at radius 3 is 2.54 bits per heavy atom. The Hall–Kier alpha value is -0.690. The second kappa shape index (κ2) is 9.70. The molecule has 0 spiro atoms. The van der Waals surface area contributed by atoms with Crippen molar-refractivity contribution in [2.75, 3.05) is 52.5 Å². The van der Waals surface area contributed by atoms with Crippen molar-refractivity contribution in [3.63, 3.8) is 0 Å². The lowest BCUT2D eigenvalue weighted by atomic mass is 9.95. The van der Waals surface area contributed by atoms with Crippen LogP contribution in [0, 0.1) is 5.41 Å². The molecule has 2 N–H and O–H groups in total. The first kappa shape index (κ1) is 21.4. The maximum atomic E-state index is 11.9. The predicted octanol–water partition coefficient (Wildman–Crippen LogP) is 1.25. The van der Waals surface area contributed by atoms with Crippen LogP contribution in [-0.2, 0) is 14.3 Å². The molecule has 1 aliphatic heterocycles. The SMILES string of the molecule is CC(C)(C)NCCOCCN1CCO[C@H](CNC(=O)C(C)(C)C)C1. The zero-order chi connectivity index (χ0) is 18.2. The average Bonchev–Trinajstić information content (AvgIpc) is 2.46. The van der Waals surface area contributed by atoms with Gasteiger partial charge in [-0.3, -0.25) is 9.69 Å². The second-order valence-corrected chi connectivity index (χ2v) is 8.54. The van der Waals surface area contributed by atoms with E-state index in [4.69, 9.17) is 9.47 Å². The van der Waals surface area contributed by atoms with Gasteiger partial charge in [-0.1, -0.05) is 20.8 Å². The van der Waals surface area contributed by atoms with Gasteiger partial charge >= 0.3 is 0 Å². The van der Waals surface area contributed by atoms with Gasteiger partial charge in [0.25, 0.3) is 0 Å².